The van der Waals surface area contributed by atoms with E-state index in [1.54, 1.807) is 19.1 Å². The molecular weight excluding hydrogens is 465 g/mol. The number of carboxylic acid groups (broad SMARTS) is 1. The number of carbonyl (C=O) groups is 1. The lowest BCUT2D eigenvalue weighted by molar-refractivity contribution is -0.157. The van der Waals surface area contributed by atoms with Crippen molar-refractivity contribution in [3.8, 4) is 23.0 Å². The second kappa shape index (κ2) is 10.4. The molecule has 0 saturated carbocycles. The zero-order valence-electron chi connectivity index (χ0n) is 17.9. The van der Waals surface area contributed by atoms with Crippen LogP contribution >= 0.6 is 11.6 Å². The molecule has 6 nitrogen and oxygen atoms in total. The SMILES string of the molecule is CC[C@]1(C(=O)O)CCc2ccc(OCCCOc3ccc(OCC(F)(F)F)cc3Cl)cc2O1. The van der Waals surface area contributed by atoms with E-state index >= 15 is 0 Å². The number of hydrogen-bond acceptors (Lipinski definition) is 5. The molecule has 0 fully saturated rings. The lowest BCUT2D eigenvalue weighted by atomic mass is 9.89. The normalized spacial score (nSPS) is 17.6. The number of hydrogen-bond donors (Lipinski definition) is 1. The van der Waals surface area contributed by atoms with E-state index in [2.05, 4.69) is 4.74 Å². The summed E-state index contributed by atoms with van der Waals surface area (Å²) < 4.78 is 58.4. The van der Waals surface area contributed by atoms with Crippen molar-refractivity contribution < 1.29 is 42.0 Å². The topological polar surface area (TPSA) is 74.2 Å². The average Bonchev–Trinajstić information content (AvgIpc) is 2.77. The molecule has 0 radical (unpaired) electrons. The van der Waals surface area contributed by atoms with Gasteiger partial charge in [-0.15, -0.1) is 0 Å². The van der Waals surface area contributed by atoms with Crippen molar-refractivity contribution >= 4 is 17.6 Å². The van der Waals surface area contributed by atoms with E-state index in [1.807, 2.05) is 6.07 Å². The minimum Gasteiger partial charge on any atom is -0.493 e. The van der Waals surface area contributed by atoms with E-state index in [1.165, 1.54) is 18.2 Å². The van der Waals surface area contributed by atoms with Gasteiger partial charge in [0.2, 0.25) is 5.60 Å². The van der Waals surface area contributed by atoms with Crippen molar-refractivity contribution in [1.82, 2.24) is 0 Å². The summed E-state index contributed by atoms with van der Waals surface area (Å²) in [6, 6.07) is 9.42. The summed E-state index contributed by atoms with van der Waals surface area (Å²) in [5.41, 5.74) is -0.278. The Morgan fingerprint density at radius 3 is 2.48 bits per heavy atom. The van der Waals surface area contributed by atoms with Gasteiger partial charge in [0.15, 0.2) is 6.61 Å². The third-order valence-electron chi connectivity index (χ3n) is 5.22. The Morgan fingerprint density at radius 2 is 1.82 bits per heavy atom. The van der Waals surface area contributed by atoms with Crippen LogP contribution in [0, 0.1) is 0 Å². The van der Waals surface area contributed by atoms with E-state index in [0.717, 1.165) is 5.56 Å². The van der Waals surface area contributed by atoms with Gasteiger partial charge in [0, 0.05) is 25.0 Å². The van der Waals surface area contributed by atoms with Crippen LogP contribution in [0.25, 0.3) is 0 Å². The van der Waals surface area contributed by atoms with Gasteiger partial charge >= 0.3 is 12.1 Å². The van der Waals surface area contributed by atoms with E-state index in [0.29, 0.717) is 49.5 Å². The Bertz CT molecular complexity index is 981. The highest BCUT2D eigenvalue weighted by Crippen LogP contribution is 2.37. The quantitative estimate of drug-likeness (QED) is 0.433. The van der Waals surface area contributed by atoms with E-state index < -0.39 is 24.4 Å². The van der Waals surface area contributed by atoms with Gasteiger partial charge in [-0.3, -0.25) is 0 Å². The maximum absolute atomic E-state index is 12.2. The molecule has 2 aromatic carbocycles. The number of carboxylic acids is 1. The highest BCUT2D eigenvalue weighted by atomic mass is 35.5. The number of benzene rings is 2. The van der Waals surface area contributed by atoms with Crippen LogP contribution in [0.1, 0.15) is 31.7 Å². The van der Waals surface area contributed by atoms with Crippen LogP contribution in [0.5, 0.6) is 23.0 Å². The number of alkyl halides is 3. The van der Waals surface area contributed by atoms with Gasteiger partial charge in [-0.25, -0.2) is 4.79 Å². The van der Waals surface area contributed by atoms with E-state index in [9.17, 15) is 23.1 Å². The molecule has 0 bridgehead atoms. The lowest BCUT2D eigenvalue weighted by Gasteiger charge is -2.34. The highest BCUT2D eigenvalue weighted by Gasteiger charge is 2.42. The molecule has 1 heterocycles. The zero-order valence-corrected chi connectivity index (χ0v) is 18.7. The van der Waals surface area contributed by atoms with Crippen molar-refractivity contribution in [1.29, 1.82) is 0 Å². The molecule has 1 aliphatic rings. The Morgan fingerprint density at radius 1 is 1.12 bits per heavy atom. The molecule has 0 amide bonds. The fourth-order valence-electron chi connectivity index (χ4n) is 3.36. The van der Waals surface area contributed by atoms with Crippen LogP contribution in [0.15, 0.2) is 36.4 Å². The molecule has 33 heavy (non-hydrogen) atoms. The average molecular weight is 489 g/mol. The summed E-state index contributed by atoms with van der Waals surface area (Å²) in [6.45, 7) is 0.974. The first kappa shape index (κ1) is 24.8. The molecule has 0 spiro atoms. The van der Waals surface area contributed by atoms with Gasteiger partial charge in [-0.2, -0.15) is 13.2 Å². The van der Waals surface area contributed by atoms with Gasteiger partial charge in [0.1, 0.15) is 23.0 Å². The molecule has 1 N–H and O–H groups in total. The van der Waals surface area contributed by atoms with Gasteiger partial charge < -0.3 is 24.1 Å². The van der Waals surface area contributed by atoms with Crippen LogP contribution in [0.2, 0.25) is 5.02 Å². The summed E-state index contributed by atoms with van der Waals surface area (Å²) in [5, 5.41) is 9.68. The largest absolute Gasteiger partial charge is 0.493 e. The molecule has 0 aliphatic carbocycles. The van der Waals surface area contributed by atoms with Gasteiger partial charge in [0.25, 0.3) is 0 Å². The van der Waals surface area contributed by atoms with Crippen LogP contribution in [0.4, 0.5) is 13.2 Å². The summed E-state index contributed by atoms with van der Waals surface area (Å²) in [6.07, 6.45) is -2.52. The first-order valence-corrected chi connectivity index (χ1v) is 10.8. The number of halogens is 4. The Kier molecular flexibility index (Phi) is 7.84. The van der Waals surface area contributed by atoms with Gasteiger partial charge in [0.05, 0.1) is 18.2 Å². The van der Waals surface area contributed by atoms with Crippen molar-refractivity contribution in [3.63, 3.8) is 0 Å². The van der Waals surface area contributed by atoms with Crippen molar-refractivity contribution in [2.45, 2.75) is 44.4 Å². The van der Waals surface area contributed by atoms with Crippen molar-refractivity contribution in [2.75, 3.05) is 19.8 Å². The second-order valence-electron chi connectivity index (χ2n) is 7.57. The van der Waals surface area contributed by atoms with Crippen molar-refractivity contribution in [3.05, 3.63) is 47.0 Å². The van der Waals surface area contributed by atoms with E-state index in [-0.39, 0.29) is 17.4 Å². The molecule has 10 heteroatoms. The third kappa shape index (κ3) is 6.60. The summed E-state index contributed by atoms with van der Waals surface area (Å²) in [7, 11) is 0. The Balaban J connectivity index is 1.46. The smallest absolute Gasteiger partial charge is 0.422 e. The summed E-state index contributed by atoms with van der Waals surface area (Å²) in [5.74, 6) is 0.409. The fraction of sp³-hybridized carbons (Fsp3) is 0.435. The standard InChI is InChI=1S/C23H24ClF3O6/c1-2-22(21(28)29)9-8-15-4-5-17(13-20(15)33-22)30-10-3-11-31-19-7-6-16(12-18(19)24)32-14-23(25,26)27/h4-7,12-13H,2-3,8-11,14H2,1H3,(H,28,29)/t22-/m1/s1. The number of aryl methyl sites for hydroxylation is 1. The van der Waals surface area contributed by atoms with Crippen LogP contribution in [-0.4, -0.2) is 42.7 Å². The third-order valence-corrected chi connectivity index (χ3v) is 5.52. The molecule has 2 aromatic rings. The molecule has 0 aromatic heterocycles. The predicted molar refractivity (Wildman–Crippen MR) is 115 cm³/mol. The number of aliphatic carboxylic acids is 1. The van der Waals surface area contributed by atoms with Crippen LogP contribution in [0.3, 0.4) is 0 Å². The first-order chi connectivity index (χ1) is 15.6. The highest BCUT2D eigenvalue weighted by molar-refractivity contribution is 6.32. The van der Waals surface area contributed by atoms with Gasteiger partial charge in [-0.05, 0) is 36.6 Å². The maximum Gasteiger partial charge on any atom is 0.422 e. The minimum absolute atomic E-state index is 0.00220. The second-order valence-corrected chi connectivity index (χ2v) is 7.98. The molecule has 3 rings (SSSR count). The van der Waals surface area contributed by atoms with Crippen molar-refractivity contribution in [2.24, 2.45) is 0 Å². The number of ether oxygens (including phenoxy) is 4. The maximum atomic E-state index is 12.2. The lowest BCUT2D eigenvalue weighted by Crippen LogP contribution is -2.46. The molecule has 180 valence electrons. The monoisotopic (exact) mass is 488 g/mol. The number of rotatable bonds is 10. The predicted octanol–water partition coefficient (Wildman–Crippen LogP) is 5.69. The van der Waals surface area contributed by atoms with Crippen LogP contribution in [-0.2, 0) is 11.2 Å². The minimum atomic E-state index is -4.43. The molecule has 1 atom stereocenters. The Labute approximate surface area is 194 Å². The molecule has 1 aliphatic heterocycles. The van der Waals surface area contributed by atoms with Crippen LogP contribution < -0.4 is 18.9 Å². The fourth-order valence-corrected chi connectivity index (χ4v) is 3.58. The molecule has 0 unspecified atom stereocenters. The van der Waals surface area contributed by atoms with E-state index in [4.69, 9.17) is 25.8 Å². The van der Waals surface area contributed by atoms with Gasteiger partial charge in [-0.1, -0.05) is 24.6 Å². The summed E-state index contributed by atoms with van der Waals surface area (Å²) in [4.78, 5) is 11.6. The first-order valence-electron chi connectivity index (χ1n) is 10.4. The molecular formula is C23H24ClF3O6. The molecule has 0 saturated heterocycles. The summed E-state index contributed by atoms with van der Waals surface area (Å²) >= 11 is 6.04. The Hall–Kier alpha value is -2.81. The number of fused-ring (bicyclic) bond motifs is 1. The zero-order chi connectivity index (χ0) is 24.1.